The van der Waals surface area contributed by atoms with E-state index in [0.29, 0.717) is 28.4 Å². The molecular formula is C57H68F4N8O2. The molecule has 0 bridgehead atoms. The second-order valence-electron chi connectivity index (χ2n) is 16.9. The highest BCUT2D eigenvalue weighted by Gasteiger charge is 2.49. The second kappa shape index (κ2) is 27.3. The first-order valence-electron chi connectivity index (χ1n) is 23.9. The van der Waals surface area contributed by atoms with Crippen LogP contribution in [-0.2, 0) is 22.6 Å². The Morgan fingerprint density at radius 1 is 0.831 bits per heavy atom. The summed E-state index contributed by atoms with van der Waals surface area (Å²) in [6.45, 7) is 19.8. The van der Waals surface area contributed by atoms with Gasteiger partial charge in [0.2, 0.25) is 11.8 Å². The molecule has 0 aliphatic carbocycles. The van der Waals surface area contributed by atoms with Crippen molar-refractivity contribution in [3.05, 3.63) is 157 Å². The Morgan fingerprint density at radius 3 is 1.99 bits per heavy atom. The van der Waals surface area contributed by atoms with Gasteiger partial charge in [-0.2, -0.15) is 0 Å². The average molecular weight is 973 g/mol. The zero-order chi connectivity index (χ0) is 52.1. The number of likely N-dealkylation sites (tertiary alicyclic amines) is 1. The number of carbonyl (C=O) groups is 2. The summed E-state index contributed by atoms with van der Waals surface area (Å²) in [6.07, 6.45) is 9.12. The van der Waals surface area contributed by atoms with E-state index in [2.05, 4.69) is 79.3 Å². The van der Waals surface area contributed by atoms with Crippen LogP contribution in [0.1, 0.15) is 82.7 Å². The fourth-order valence-corrected chi connectivity index (χ4v) is 8.15. The monoisotopic (exact) mass is 973 g/mol. The molecule has 0 unspecified atom stereocenters. The minimum atomic E-state index is -3.07. The van der Waals surface area contributed by atoms with Crippen molar-refractivity contribution in [3.63, 3.8) is 0 Å². The van der Waals surface area contributed by atoms with Gasteiger partial charge in [0.25, 0.3) is 11.8 Å². The average Bonchev–Trinajstić information content (AvgIpc) is 4.12. The predicted octanol–water partition coefficient (Wildman–Crippen LogP) is 12.0. The third kappa shape index (κ3) is 16.0. The summed E-state index contributed by atoms with van der Waals surface area (Å²) < 4.78 is 58.0. The van der Waals surface area contributed by atoms with E-state index < -0.39 is 49.2 Å². The van der Waals surface area contributed by atoms with Gasteiger partial charge in [0.1, 0.15) is 11.6 Å². The van der Waals surface area contributed by atoms with Crippen LogP contribution in [0.15, 0.2) is 135 Å². The fraction of sp³-hybridized carbons (Fsp3) is 0.333. The maximum atomic E-state index is 14.9. The summed E-state index contributed by atoms with van der Waals surface area (Å²) in [6, 6.07) is 34.9. The van der Waals surface area contributed by atoms with Crippen LogP contribution < -0.4 is 10.6 Å². The van der Waals surface area contributed by atoms with E-state index in [9.17, 15) is 27.2 Å². The van der Waals surface area contributed by atoms with Crippen molar-refractivity contribution >= 4 is 33.6 Å². The number of nitrogens with one attached hydrogen (secondary N) is 4. The number of terminal acetylenes is 1. The summed E-state index contributed by atoms with van der Waals surface area (Å²) in [4.78, 5) is 44.7. The molecule has 0 radical (unpaired) electrons. The van der Waals surface area contributed by atoms with Gasteiger partial charge in [-0.15, -0.1) is 26.0 Å². The number of carbonyl (C=O) groups excluding carboxylic acids is 2. The SMILES string of the molecule is C#C.C=C.CCNCC.CCNCC.C[C@@H](C(=O)N1CC(F)(F)C[C@H]1c1nc2c(ccc3cc(-c4ccc(-c5cnc(CN(CC(C)(F)F)C(=O)Cc6ccccc6)[nH]5)cc4)ccc32)[nH]1)c1ccccc1. The highest BCUT2D eigenvalue weighted by molar-refractivity contribution is 6.05. The number of alkyl halides is 4. The summed E-state index contributed by atoms with van der Waals surface area (Å²) in [5, 5.41) is 7.98. The van der Waals surface area contributed by atoms with Gasteiger partial charge in [-0.25, -0.2) is 27.5 Å². The molecule has 2 atom stereocenters. The molecule has 1 fully saturated rings. The zero-order valence-corrected chi connectivity index (χ0v) is 41.8. The predicted molar refractivity (Wildman–Crippen MR) is 281 cm³/mol. The summed E-state index contributed by atoms with van der Waals surface area (Å²) in [7, 11) is 0. The zero-order valence-electron chi connectivity index (χ0n) is 41.8. The molecule has 2 amide bonds. The summed E-state index contributed by atoms with van der Waals surface area (Å²) in [5.41, 5.74) is 6.25. The van der Waals surface area contributed by atoms with Gasteiger partial charge < -0.3 is 30.4 Å². The Hall–Kier alpha value is -7.08. The van der Waals surface area contributed by atoms with Crippen LogP contribution >= 0.6 is 0 Å². The summed E-state index contributed by atoms with van der Waals surface area (Å²) >= 11 is 0. The number of fused-ring (bicyclic) bond motifs is 3. The molecule has 1 aliphatic rings. The third-order valence-electron chi connectivity index (χ3n) is 11.5. The highest BCUT2D eigenvalue weighted by Crippen LogP contribution is 2.43. The molecule has 5 aromatic carbocycles. The first-order valence-corrected chi connectivity index (χ1v) is 23.9. The van der Waals surface area contributed by atoms with Gasteiger partial charge in [0.05, 0.1) is 60.9 Å². The number of imidazole rings is 2. The fourth-order valence-electron chi connectivity index (χ4n) is 8.15. The number of hydrogen-bond acceptors (Lipinski definition) is 6. The first kappa shape index (κ1) is 56.5. The third-order valence-corrected chi connectivity index (χ3v) is 11.5. The van der Waals surface area contributed by atoms with Gasteiger partial charge in [0, 0.05) is 18.7 Å². The maximum absolute atomic E-state index is 14.9. The van der Waals surface area contributed by atoms with Crippen LogP contribution in [0.25, 0.3) is 44.2 Å². The molecule has 8 rings (SSSR count). The number of rotatable bonds is 15. The molecule has 10 nitrogen and oxygen atoms in total. The van der Waals surface area contributed by atoms with Crippen LogP contribution in [0, 0.1) is 12.8 Å². The molecule has 1 aliphatic heterocycles. The van der Waals surface area contributed by atoms with E-state index in [-0.39, 0.29) is 18.9 Å². The quantitative estimate of drug-likeness (QED) is 0.0461. The van der Waals surface area contributed by atoms with Crippen LogP contribution in [0.4, 0.5) is 17.6 Å². The smallest absolute Gasteiger partial charge is 0.267 e. The lowest BCUT2D eigenvalue weighted by Crippen LogP contribution is -2.40. The lowest BCUT2D eigenvalue weighted by atomic mass is 9.99. The van der Waals surface area contributed by atoms with Gasteiger partial charge in [-0.1, -0.05) is 131 Å². The second-order valence-corrected chi connectivity index (χ2v) is 16.9. The Balaban J connectivity index is 0.000000699. The molecule has 4 N–H and O–H groups in total. The number of aromatic amines is 2. The number of benzene rings is 5. The van der Waals surface area contributed by atoms with Crippen LogP contribution in [0.2, 0.25) is 0 Å². The lowest BCUT2D eigenvalue weighted by Gasteiger charge is -2.26. The van der Waals surface area contributed by atoms with Crippen molar-refractivity contribution < 1.29 is 27.2 Å². The van der Waals surface area contributed by atoms with E-state index >= 15 is 0 Å². The number of nitrogens with zero attached hydrogens (tertiary/aromatic N) is 4. The Kier molecular flexibility index (Phi) is 21.8. The highest BCUT2D eigenvalue weighted by atomic mass is 19.3. The van der Waals surface area contributed by atoms with Crippen molar-refractivity contribution in [2.75, 3.05) is 39.3 Å². The van der Waals surface area contributed by atoms with Gasteiger partial charge in [-0.3, -0.25) is 9.59 Å². The number of H-pyrrole nitrogens is 2. The lowest BCUT2D eigenvalue weighted by molar-refractivity contribution is -0.136. The Bertz CT molecular complexity index is 2720. The molecule has 7 aromatic rings. The minimum absolute atomic E-state index is 0.00612. The van der Waals surface area contributed by atoms with Crippen molar-refractivity contribution in [1.82, 2.24) is 40.4 Å². The van der Waals surface area contributed by atoms with Crippen molar-refractivity contribution in [2.24, 2.45) is 0 Å². The molecule has 14 heteroatoms. The normalized spacial score (nSPS) is 14.1. The molecule has 0 saturated carbocycles. The van der Waals surface area contributed by atoms with Crippen molar-refractivity contribution in [1.29, 1.82) is 0 Å². The Morgan fingerprint density at radius 2 is 1.41 bits per heavy atom. The van der Waals surface area contributed by atoms with Gasteiger partial charge in [-0.05, 0) is 78.4 Å². The van der Waals surface area contributed by atoms with Gasteiger partial charge in [0.15, 0.2) is 0 Å². The number of aromatic nitrogens is 4. The topological polar surface area (TPSA) is 122 Å². The van der Waals surface area contributed by atoms with E-state index in [0.717, 1.165) is 76.6 Å². The van der Waals surface area contributed by atoms with Crippen LogP contribution in [0.3, 0.4) is 0 Å². The van der Waals surface area contributed by atoms with E-state index in [1.807, 2.05) is 91.0 Å². The first-order chi connectivity index (χ1) is 34.1. The Labute approximate surface area is 416 Å². The molecule has 0 spiro atoms. The van der Waals surface area contributed by atoms with Crippen LogP contribution in [-0.4, -0.2) is 92.7 Å². The van der Waals surface area contributed by atoms with Crippen LogP contribution in [0.5, 0.6) is 0 Å². The maximum Gasteiger partial charge on any atom is 0.267 e. The largest absolute Gasteiger partial charge is 0.341 e. The standard InChI is InChI=1S/C45H40F4N6O2.2C4H11N.C2H4.C2H2/c1-28(30-11-7-4-8-12-30)43(57)55-27-45(48,49)23-38(55)42-52-36-20-18-34-22-33(17-19-35(34)41(36)53-42)31-13-15-32(16-14-31)37-24-50-39(51-37)25-54(26-44(2,46)47)40(56)21-29-9-5-3-6-10-29;2*1-3-5-4-2;2*1-2/h3-20,22,24,28,38H,21,23,25-27H2,1-2H3,(H,50,51)(H,52,53);2*5H,3-4H2,1-2H3;1-2H2;1-2H/t28-,38+;;;;/m1..../s1. The number of hydrogen-bond donors (Lipinski definition) is 4. The van der Waals surface area contributed by atoms with E-state index in [4.69, 9.17) is 4.98 Å². The summed E-state index contributed by atoms with van der Waals surface area (Å²) in [5.74, 6) is -6.76. The molecule has 1 saturated heterocycles. The van der Waals surface area contributed by atoms with E-state index in [1.54, 1.807) is 37.4 Å². The number of halogens is 4. The molecule has 3 heterocycles. The molecule has 2 aromatic heterocycles. The number of amides is 2. The van der Waals surface area contributed by atoms with E-state index in [1.165, 1.54) is 4.90 Å². The molecular weight excluding hydrogens is 905 g/mol. The molecule has 376 valence electrons. The van der Waals surface area contributed by atoms with Gasteiger partial charge >= 0.3 is 0 Å². The van der Waals surface area contributed by atoms with Crippen molar-refractivity contribution in [3.8, 4) is 35.2 Å². The van der Waals surface area contributed by atoms with Crippen molar-refractivity contribution in [2.45, 2.75) is 84.7 Å². The molecule has 71 heavy (non-hydrogen) atoms. The minimum Gasteiger partial charge on any atom is -0.341 e.